The van der Waals surface area contributed by atoms with E-state index in [1.807, 2.05) is 0 Å². The minimum atomic E-state index is -3.47. The van der Waals surface area contributed by atoms with Crippen molar-refractivity contribution in [1.82, 2.24) is 9.62 Å². The summed E-state index contributed by atoms with van der Waals surface area (Å²) < 4.78 is 40.2. The fourth-order valence-electron chi connectivity index (χ4n) is 2.24. The van der Waals surface area contributed by atoms with Crippen LogP contribution in [0.25, 0.3) is 0 Å². The van der Waals surface area contributed by atoms with Gasteiger partial charge in [0.15, 0.2) is 0 Å². The van der Waals surface area contributed by atoms with Gasteiger partial charge in [-0.2, -0.15) is 4.31 Å². The van der Waals surface area contributed by atoms with Crippen LogP contribution in [0.3, 0.4) is 0 Å². The summed E-state index contributed by atoms with van der Waals surface area (Å²) in [5, 5.41) is 2.70. The maximum atomic E-state index is 13.8. The van der Waals surface area contributed by atoms with Crippen molar-refractivity contribution in [3.8, 4) is 0 Å². The smallest absolute Gasteiger partial charge is 0.218 e. The van der Waals surface area contributed by atoms with E-state index in [0.717, 1.165) is 12.8 Å². The van der Waals surface area contributed by atoms with Crippen LogP contribution in [0.4, 0.5) is 4.39 Å². The Morgan fingerprint density at radius 2 is 1.95 bits per heavy atom. The molecule has 0 aromatic heterocycles. The minimum absolute atomic E-state index is 0.379. The average molecular weight is 314 g/mol. The summed E-state index contributed by atoms with van der Waals surface area (Å²) in [6, 6.07) is 6.23. The molecular weight excluding hydrogens is 291 g/mol. The molecule has 4 nitrogen and oxygen atoms in total. The van der Waals surface area contributed by atoms with E-state index in [1.54, 1.807) is 32.0 Å². The molecular formula is C15H23FN2O2S. The minimum Gasteiger partial charge on any atom is -0.313 e. The Bertz CT molecular complexity index is 587. The van der Waals surface area contributed by atoms with Gasteiger partial charge >= 0.3 is 0 Å². The van der Waals surface area contributed by atoms with Crippen LogP contribution in [-0.2, 0) is 10.0 Å². The highest BCUT2D eigenvalue weighted by atomic mass is 32.2. The van der Waals surface area contributed by atoms with Gasteiger partial charge in [0.25, 0.3) is 0 Å². The molecule has 1 aromatic rings. The molecule has 1 N–H and O–H groups in total. The third kappa shape index (κ3) is 3.81. The summed E-state index contributed by atoms with van der Waals surface area (Å²) in [5.74, 6) is -0.379. The Hall–Kier alpha value is -0.980. The van der Waals surface area contributed by atoms with E-state index in [-0.39, 0.29) is 5.82 Å². The fourth-order valence-corrected chi connectivity index (χ4v) is 3.67. The molecule has 0 radical (unpaired) electrons. The first-order chi connectivity index (χ1) is 9.84. The van der Waals surface area contributed by atoms with Crippen LogP contribution in [0.5, 0.6) is 0 Å². The van der Waals surface area contributed by atoms with E-state index in [2.05, 4.69) is 5.32 Å². The lowest BCUT2D eigenvalue weighted by atomic mass is 10.1. The summed E-state index contributed by atoms with van der Waals surface area (Å²) in [6.45, 7) is 3.83. The standard InChI is InChI=1S/C15H23FN2O2S/c1-11(10-17-13-8-9-13)21(19,20)18(3)12(2)14-6-4-5-7-15(14)16/h4-7,11-13,17H,8-10H2,1-3H3. The molecule has 6 heteroatoms. The molecule has 2 rings (SSSR count). The van der Waals surface area contributed by atoms with Crippen molar-refractivity contribution in [3.63, 3.8) is 0 Å². The zero-order valence-electron chi connectivity index (χ0n) is 12.7. The highest BCUT2D eigenvalue weighted by molar-refractivity contribution is 7.89. The Morgan fingerprint density at radius 3 is 2.52 bits per heavy atom. The second-order valence-corrected chi connectivity index (χ2v) is 8.16. The molecule has 2 atom stereocenters. The van der Waals surface area contributed by atoms with Gasteiger partial charge in [0, 0.05) is 31.2 Å². The Morgan fingerprint density at radius 1 is 1.33 bits per heavy atom. The number of benzene rings is 1. The van der Waals surface area contributed by atoms with Crippen molar-refractivity contribution in [1.29, 1.82) is 0 Å². The van der Waals surface area contributed by atoms with E-state index >= 15 is 0 Å². The van der Waals surface area contributed by atoms with Gasteiger partial charge in [-0.05, 0) is 32.8 Å². The molecule has 0 heterocycles. The van der Waals surface area contributed by atoms with Gasteiger partial charge in [0.05, 0.1) is 5.25 Å². The number of nitrogens with one attached hydrogen (secondary N) is 1. The van der Waals surface area contributed by atoms with E-state index < -0.39 is 21.3 Å². The predicted octanol–water partition coefficient (Wildman–Crippen LogP) is 2.29. The number of halogens is 1. The van der Waals surface area contributed by atoms with Gasteiger partial charge in [-0.3, -0.25) is 0 Å². The Kier molecular flexibility index (Phi) is 5.01. The maximum absolute atomic E-state index is 13.8. The highest BCUT2D eigenvalue weighted by Crippen LogP contribution is 2.26. The molecule has 21 heavy (non-hydrogen) atoms. The zero-order valence-corrected chi connectivity index (χ0v) is 13.5. The summed E-state index contributed by atoms with van der Waals surface area (Å²) in [7, 11) is -1.95. The van der Waals surface area contributed by atoms with E-state index in [4.69, 9.17) is 0 Å². The second-order valence-electron chi connectivity index (χ2n) is 5.75. The lowest BCUT2D eigenvalue weighted by Crippen LogP contribution is -2.41. The van der Waals surface area contributed by atoms with E-state index in [9.17, 15) is 12.8 Å². The lowest BCUT2D eigenvalue weighted by Gasteiger charge is -2.28. The first-order valence-corrected chi connectivity index (χ1v) is 8.79. The van der Waals surface area contributed by atoms with Gasteiger partial charge in [-0.15, -0.1) is 0 Å². The molecule has 0 aliphatic heterocycles. The molecule has 0 saturated heterocycles. The van der Waals surface area contributed by atoms with E-state index in [1.165, 1.54) is 17.4 Å². The van der Waals surface area contributed by atoms with Crippen molar-refractivity contribution in [3.05, 3.63) is 35.6 Å². The summed E-state index contributed by atoms with van der Waals surface area (Å²) >= 11 is 0. The highest BCUT2D eigenvalue weighted by Gasteiger charge is 2.32. The molecule has 1 aliphatic rings. The third-order valence-electron chi connectivity index (χ3n) is 4.08. The van der Waals surface area contributed by atoms with Gasteiger partial charge < -0.3 is 5.32 Å². The van der Waals surface area contributed by atoms with Crippen LogP contribution in [0.15, 0.2) is 24.3 Å². The van der Waals surface area contributed by atoms with Gasteiger partial charge in [0.1, 0.15) is 5.82 Å². The molecule has 1 fully saturated rings. The largest absolute Gasteiger partial charge is 0.313 e. The van der Waals surface area contributed by atoms with Crippen LogP contribution in [0.2, 0.25) is 0 Å². The number of hydrogen-bond acceptors (Lipinski definition) is 3. The van der Waals surface area contributed by atoms with Crippen LogP contribution in [0, 0.1) is 5.82 Å². The third-order valence-corrected chi connectivity index (χ3v) is 6.38. The summed E-state index contributed by atoms with van der Waals surface area (Å²) in [6.07, 6.45) is 2.24. The SMILES string of the molecule is CC(c1ccccc1F)N(C)S(=O)(=O)C(C)CNC1CC1. The van der Waals surface area contributed by atoms with Gasteiger partial charge in [0.2, 0.25) is 10.0 Å². The quantitative estimate of drug-likeness (QED) is 0.840. The van der Waals surface area contributed by atoms with Crippen LogP contribution in [0.1, 0.15) is 38.3 Å². The molecule has 0 bridgehead atoms. The monoisotopic (exact) mass is 314 g/mol. The Balaban J connectivity index is 2.09. The van der Waals surface area contributed by atoms with Crippen LogP contribution in [-0.4, -0.2) is 37.6 Å². The summed E-state index contributed by atoms with van der Waals surface area (Å²) in [4.78, 5) is 0. The number of hydrogen-bond donors (Lipinski definition) is 1. The normalized spacial score (nSPS) is 18.7. The van der Waals surface area contributed by atoms with Crippen molar-refractivity contribution in [2.45, 2.75) is 44.0 Å². The second kappa shape index (κ2) is 6.42. The van der Waals surface area contributed by atoms with Crippen molar-refractivity contribution >= 4 is 10.0 Å². The Labute approximate surface area is 126 Å². The first-order valence-electron chi connectivity index (χ1n) is 7.28. The molecule has 0 spiro atoms. The lowest BCUT2D eigenvalue weighted by molar-refractivity contribution is 0.381. The van der Waals surface area contributed by atoms with Crippen LogP contribution >= 0.6 is 0 Å². The molecule has 1 aliphatic carbocycles. The molecule has 0 amide bonds. The molecule has 118 valence electrons. The average Bonchev–Trinajstić information content (AvgIpc) is 3.27. The maximum Gasteiger partial charge on any atom is 0.218 e. The van der Waals surface area contributed by atoms with Gasteiger partial charge in [-0.25, -0.2) is 12.8 Å². The molecule has 1 saturated carbocycles. The van der Waals surface area contributed by atoms with E-state index in [0.29, 0.717) is 18.2 Å². The zero-order chi connectivity index (χ0) is 15.6. The number of rotatable bonds is 7. The summed E-state index contributed by atoms with van der Waals surface area (Å²) in [5.41, 5.74) is 0.394. The first kappa shape index (κ1) is 16.4. The molecule has 2 unspecified atom stereocenters. The number of nitrogens with zero attached hydrogens (tertiary/aromatic N) is 1. The molecule has 1 aromatic carbocycles. The predicted molar refractivity (Wildman–Crippen MR) is 82.0 cm³/mol. The van der Waals surface area contributed by atoms with Gasteiger partial charge in [-0.1, -0.05) is 18.2 Å². The number of sulfonamides is 1. The van der Waals surface area contributed by atoms with Crippen molar-refractivity contribution in [2.75, 3.05) is 13.6 Å². The van der Waals surface area contributed by atoms with Crippen molar-refractivity contribution in [2.24, 2.45) is 0 Å². The fraction of sp³-hybridized carbons (Fsp3) is 0.600. The topological polar surface area (TPSA) is 49.4 Å². The van der Waals surface area contributed by atoms with Crippen molar-refractivity contribution < 1.29 is 12.8 Å². The van der Waals surface area contributed by atoms with Crippen LogP contribution < -0.4 is 5.32 Å².